The van der Waals surface area contributed by atoms with E-state index in [4.69, 9.17) is 0 Å². The molecule has 5 heteroatoms. The van der Waals surface area contributed by atoms with Gasteiger partial charge in [-0.05, 0) is 57.2 Å². The van der Waals surface area contributed by atoms with E-state index in [1.165, 1.54) is 32.4 Å². The van der Waals surface area contributed by atoms with Gasteiger partial charge in [0.15, 0.2) is 0 Å². The molecule has 98 valence electrons. The average molecular weight is 375 g/mol. The second kappa shape index (κ2) is 5.57. The number of nitrogens with zero attached hydrogens (tertiary/aromatic N) is 2. The van der Waals surface area contributed by atoms with Crippen LogP contribution in [0.25, 0.3) is 0 Å². The highest BCUT2D eigenvalue weighted by Crippen LogP contribution is 2.30. The van der Waals surface area contributed by atoms with Crippen LogP contribution < -0.4 is 5.32 Å². The molecule has 1 aromatic heterocycles. The second-order valence-corrected chi connectivity index (χ2v) is 6.94. The second-order valence-electron chi connectivity index (χ2n) is 5.17. The van der Waals surface area contributed by atoms with Crippen LogP contribution in [0.4, 0.5) is 0 Å². The van der Waals surface area contributed by atoms with E-state index in [1.807, 2.05) is 6.20 Å². The summed E-state index contributed by atoms with van der Waals surface area (Å²) in [5.74, 6) is 0. The van der Waals surface area contributed by atoms with Crippen molar-refractivity contribution in [3.05, 3.63) is 26.9 Å². The van der Waals surface area contributed by atoms with Crippen LogP contribution in [0.2, 0.25) is 0 Å². The summed E-state index contributed by atoms with van der Waals surface area (Å²) in [5.41, 5.74) is 1.09. The summed E-state index contributed by atoms with van der Waals surface area (Å²) in [4.78, 5) is 7.06. The van der Waals surface area contributed by atoms with Crippen LogP contribution >= 0.6 is 31.9 Å². The maximum atomic E-state index is 4.44. The van der Waals surface area contributed by atoms with E-state index in [1.54, 1.807) is 0 Å². The van der Waals surface area contributed by atoms with Gasteiger partial charge in [-0.1, -0.05) is 0 Å². The number of rotatable bonds is 4. The summed E-state index contributed by atoms with van der Waals surface area (Å²) in [7, 11) is 0. The Hall–Kier alpha value is 0.0300. The summed E-state index contributed by atoms with van der Waals surface area (Å²) < 4.78 is 2.08. The number of aromatic nitrogens is 1. The first-order valence-electron chi connectivity index (χ1n) is 6.50. The van der Waals surface area contributed by atoms with E-state index >= 15 is 0 Å². The number of hydrogen-bond donors (Lipinski definition) is 1. The van der Waals surface area contributed by atoms with E-state index in [-0.39, 0.29) is 0 Å². The van der Waals surface area contributed by atoms with Gasteiger partial charge in [-0.15, -0.1) is 0 Å². The van der Waals surface area contributed by atoms with Gasteiger partial charge in [0, 0.05) is 46.9 Å². The zero-order valence-electron chi connectivity index (χ0n) is 10.2. The van der Waals surface area contributed by atoms with Crippen LogP contribution in [-0.2, 0) is 6.54 Å². The highest BCUT2D eigenvalue weighted by atomic mass is 79.9. The predicted octanol–water partition coefficient (Wildman–Crippen LogP) is 2.93. The third-order valence-electron chi connectivity index (χ3n) is 3.73. The van der Waals surface area contributed by atoms with Crippen molar-refractivity contribution in [3.8, 4) is 0 Å². The Morgan fingerprint density at radius 3 is 2.89 bits per heavy atom. The number of likely N-dealkylation sites (tertiary alicyclic amines) is 1. The largest absolute Gasteiger partial charge is 0.307 e. The van der Waals surface area contributed by atoms with Gasteiger partial charge >= 0.3 is 0 Å². The molecule has 18 heavy (non-hydrogen) atoms. The zero-order valence-corrected chi connectivity index (χ0v) is 13.4. The fourth-order valence-corrected chi connectivity index (χ4v) is 3.67. The van der Waals surface area contributed by atoms with Crippen LogP contribution in [0.5, 0.6) is 0 Å². The summed E-state index contributed by atoms with van der Waals surface area (Å²) in [6.45, 7) is 3.31. The van der Waals surface area contributed by atoms with E-state index in [9.17, 15) is 0 Å². The highest BCUT2D eigenvalue weighted by molar-refractivity contribution is 9.11. The maximum Gasteiger partial charge on any atom is 0.0684 e. The van der Waals surface area contributed by atoms with Gasteiger partial charge in [0.05, 0.1) is 5.69 Å². The van der Waals surface area contributed by atoms with Gasteiger partial charge in [0.2, 0.25) is 0 Å². The van der Waals surface area contributed by atoms with Crippen LogP contribution in [-0.4, -0.2) is 35.1 Å². The quantitative estimate of drug-likeness (QED) is 0.878. The zero-order chi connectivity index (χ0) is 12.5. The van der Waals surface area contributed by atoms with E-state index in [0.29, 0.717) is 6.04 Å². The first kappa shape index (κ1) is 13.0. The summed E-state index contributed by atoms with van der Waals surface area (Å²) in [6, 6.07) is 3.58. The minimum atomic E-state index is 0.628. The van der Waals surface area contributed by atoms with E-state index < -0.39 is 0 Å². The molecule has 1 atom stereocenters. The number of pyridine rings is 1. The Kier molecular flexibility index (Phi) is 4.03. The van der Waals surface area contributed by atoms with Crippen molar-refractivity contribution in [1.82, 2.24) is 15.2 Å². The molecule has 0 radical (unpaired) electrons. The fourth-order valence-electron chi connectivity index (χ4n) is 2.54. The fraction of sp³-hybridized carbons (Fsp3) is 0.615. The molecular weight excluding hydrogens is 358 g/mol. The van der Waals surface area contributed by atoms with Crippen molar-refractivity contribution in [2.75, 3.05) is 13.1 Å². The predicted molar refractivity (Wildman–Crippen MR) is 79.5 cm³/mol. The van der Waals surface area contributed by atoms with Crippen LogP contribution in [0.3, 0.4) is 0 Å². The minimum absolute atomic E-state index is 0.628. The summed E-state index contributed by atoms with van der Waals surface area (Å²) in [5, 5.41) is 3.62. The summed E-state index contributed by atoms with van der Waals surface area (Å²) >= 11 is 6.98. The third kappa shape index (κ3) is 3.13. The standard InChI is InChI=1S/C13H17Br2N3/c14-9-5-12(15)13(17-6-9)7-16-10-3-4-18(8-10)11-1-2-11/h5-6,10-11,16H,1-4,7-8H2. The smallest absolute Gasteiger partial charge is 0.0684 e. The van der Waals surface area contributed by atoms with E-state index in [0.717, 1.165) is 27.2 Å². The molecule has 1 aliphatic carbocycles. The van der Waals surface area contributed by atoms with Gasteiger partial charge in [-0.2, -0.15) is 0 Å². The van der Waals surface area contributed by atoms with Gasteiger partial charge in [0.1, 0.15) is 0 Å². The summed E-state index contributed by atoms with van der Waals surface area (Å²) in [6.07, 6.45) is 5.94. The molecule has 0 spiro atoms. The lowest BCUT2D eigenvalue weighted by atomic mass is 10.2. The molecule has 1 saturated carbocycles. The molecule has 3 nitrogen and oxygen atoms in total. The van der Waals surface area contributed by atoms with Crippen LogP contribution in [0.1, 0.15) is 25.0 Å². The topological polar surface area (TPSA) is 28.2 Å². The van der Waals surface area contributed by atoms with Crippen molar-refractivity contribution < 1.29 is 0 Å². The monoisotopic (exact) mass is 373 g/mol. The Bertz CT molecular complexity index is 434. The average Bonchev–Trinajstić information content (AvgIpc) is 3.08. The molecule has 2 heterocycles. The molecule has 2 aliphatic rings. The van der Waals surface area contributed by atoms with Gasteiger partial charge < -0.3 is 5.32 Å². The van der Waals surface area contributed by atoms with Gasteiger partial charge in [-0.3, -0.25) is 9.88 Å². The van der Waals surface area contributed by atoms with Crippen molar-refractivity contribution >= 4 is 31.9 Å². The molecule has 0 amide bonds. The van der Waals surface area contributed by atoms with Crippen molar-refractivity contribution in [2.45, 2.75) is 37.9 Å². The number of nitrogens with one attached hydrogen (secondary N) is 1. The Morgan fingerprint density at radius 2 is 2.17 bits per heavy atom. The molecule has 0 bridgehead atoms. The molecular formula is C13H17Br2N3. The first-order valence-corrected chi connectivity index (χ1v) is 8.08. The molecule has 1 N–H and O–H groups in total. The Morgan fingerprint density at radius 1 is 1.33 bits per heavy atom. The van der Waals surface area contributed by atoms with Crippen molar-refractivity contribution in [1.29, 1.82) is 0 Å². The molecule has 3 rings (SSSR count). The maximum absolute atomic E-state index is 4.44. The molecule has 1 aliphatic heterocycles. The Balaban J connectivity index is 1.51. The normalized spacial score (nSPS) is 24.7. The SMILES string of the molecule is Brc1cnc(CNC2CCN(C3CC3)C2)c(Br)c1. The van der Waals surface area contributed by atoms with Gasteiger partial charge in [-0.25, -0.2) is 0 Å². The number of hydrogen-bond acceptors (Lipinski definition) is 3. The first-order chi connectivity index (χ1) is 8.72. The third-order valence-corrected chi connectivity index (χ3v) is 4.85. The van der Waals surface area contributed by atoms with Crippen LogP contribution in [0, 0.1) is 0 Å². The molecule has 1 aromatic rings. The van der Waals surface area contributed by atoms with Crippen LogP contribution in [0.15, 0.2) is 21.2 Å². The van der Waals surface area contributed by atoms with Crippen molar-refractivity contribution in [3.63, 3.8) is 0 Å². The molecule has 0 aromatic carbocycles. The highest BCUT2D eigenvalue weighted by Gasteiger charge is 2.34. The van der Waals surface area contributed by atoms with Crippen molar-refractivity contribution in [2.24, 2.45) is 0 Å². The lowest BCUT2D eigenvalue weighted by Gasteiger charge is -2.16. The molecule has 1 unspecified atom stereocenters. The minimum Gasteiger partial charge on any atom is -0.307 e. The number of halogens is 2. The van der Waals surface area contributed by atoms with E-state index in [2.05, 4.69) is 53.1 Å². The molecule has 1 saturated heterocycles. The van der Waals surface area contributed by atoms with Gasteiger partial charge in [0.25, 0.3) is 0 Å². The molecule has 2 fully saturated rings. The Labute approximate surface area is 125 Å². The lowest BCUT2D eigenvalue weighted by Crippen LogP contribution is -2.33. The lowest BCUT2D eigenvalue weighted by molar-refractivity contribution is 0.317.